The summed E-state index contributed by atoms with van der Waals surface area (Å²) in [6.45, 7) is 11.1. The Hall–Kier alpha value is 0.0869. The Kier molecular flexibility index (Phi) is 5.26. The van der Waals surface area contributed by atoms with E-state index in [0.717, 1.165) is 25.7 Å². The smallest absolute Gasteiger partial charge is 0.209 e. The van der Waals surface area contributed by atoms with Crippen LogP contribution in [0.2, 0.25) is 18.1 Å². The molecule has 1 saturated carbocycles. The van der Waals surface area contributed by atoms with Crippen molar-refractivity contribution < 1.29 is 12.8 Å². The highest BCUT2D eigenvalue weighted by atomic mass is 32.2. The van der Waals surface area contributed by atoms with Crippen molar-refractivity contribution in [2.75, 3.05) is 6.26 Å². The quantitative estimate of drug-likeness (QED) is 0.813. The van der Waals surface area contributed by atoms with E-state index in [9.17, 15) is 8.42 Å². The van der Waals surface area contributed by atoms with Gasteiger partial charge in [0.25, 0.3) is 0 Å². The van der Waals surface area contributed by atoms with Crippen molar-refractivity contribution in [2.24, 2.45) is 0 Å². The summed E-state index contributed by atoms with van der Waals surface area (Å²) in [6, 6.07) is -0.0575. The predicted molar refractivity (Wildman–Crippen MR) is 82.3 cm³/mol. The Bertz CT molecular complexity index is 401. The van der Waals surface area contributed by atoms with Crippen LogP contribution in [-0.2, 0) is 14.4 Å². The largest absolute Gasteiger partial charge is 0.412 e. The SMILES string of the molecule is CC(C)(C)[Si](C)(C)O[C@@H]1CCCC[C@H]1NS(C)(=O)=O. The van der Waals surface area contributed by atoms with Crippen molar-refractivity contribution in [3.05, 3.63) is 0 Å². The van der Waals surface area contributed by atoms with Gasteiger partial charge < -0.3 is 4.43 Å². The van der Waals surface area contributed by atoms with Gasteiger partial charge in [-0.05, 0) is 31.0 Å². The third-order valence-corrected chi connectivity index (χ3v) is 9.56. The molecule has 114 valence electrons. The highest BCUT2D eigenvalue weighted by Gasteiger charge is 2.41. The molecule has 0 radical (unpaired) electrons. The average molecular weight is 308 g/mol. The van der Waals surface area contributed by atoms with Crippen LogP contribution in [0.3, 0.4) is 0 Å². The summed E-state index contributed by atoms with van der Waals surface area (Å²) in [5.41, 5.74) is 0. The fourth-order valence-corrected chi connectivity index (χ4v) is 4.42. The Morgan fingerprint density at radius 3 is 2.16 bits per heavy atom. The van der Waals surface area contributed by atoms with E-state index in [0.29, 0.717) is 0 Å². The van der Waals surface area contributed by atoms with Crippen molar-refractivity contribution in [2.45, 2.75) is 76.7 Å². The molecule has 1 fully saturated rings. The summed E-state index contributed by atoms with van der Waals surface area (Å²) in [7, 11) is -5.01. The second-order valence-corrected chi connectivity index (χ2v) is 13.7. The predicted octanol–water partition coefficient (Wildman–Crippen LogP) is 2.87. The van der Waals surface area contributed by atoms with Gasteiger partial charge in [-0.1, -0.05) is 33.6 Å². The maximum atomic E-state index is 11.5. The summed E-state index contributed by atoms with van der Waals surface area (Å²) in [4.78, 5) is 0. The molecular weight excluding hydrogens is 278 g/mol. The topological polar surface area (TPSA) is 55.4 Å². The van der Waals surface area contributed by atoms with Gasteiger partial charge in [0.2, 0.25) is 10.0 Å². The molecule has 0 heterocycles. The average Bonchev–Trinajstić information content (AvgIpc) is 2.16. The lowest BCUT2D eigenvalue weighted by molar-refractivity contribution is 0.110. The summed E-state index contributed by atoms with van der Waals surface area (Å²) in [5, 5.41) is 0.153. The number of hydrogen-bond donors (Lipinski definition) is 1. The Labute approximate surface area is 119 Å². The molecule has 0 unspecified atom stereocenters. The number of sulfonamides is 1. The van der Waals surface area contributed by atoms with Gasteiger partial charge in [0, 0.05) is 6.04 Å². The van der Waals surface area contributed by atoms with Gasteiger partial charge in [-0.25, -0.2) is 13.1 Å². The highest BCUT2D eigenvalue weighted by molar-refractivity contribution is 7.88. The minimum atomic E-state index is -3.16. The first-order chi connectivity index (χ1) is 8.42. The molecule has 19 heavy (non-hydrogen) atoms. The van der Waals surface area contributed by atoms with Crippen molar-refractivity contribution in [3.8, 4) is 0 Å². The maximum Gasteiger partial charge on any atom is 0.209 e. The maximum absolute atomic E-state index is 11.5. The van der Waals surface area contributed by atoms with E-state index in [-0.39, 0.29) is 17.2 Å². The molecule has 0 bridgehead atoms. The van der Waals surface area contributed by atoms with E-state index in [1.165, 1.54) is 6.26 Å². The first-order valence-corrected chi connectivity index (χ1v) is 11.9. The third kappa shape index (κ3) is 5.17. The molecule has 0 aromatic rings. The van der Waals surface area contributed by atoms with Crippen LogP contribution in [0.25, 0.3) is 0 Å². The number of hydrogen-bond acceptors (Lipinski definition) is 3. The Morgan fingerprint density at radius 1 is 1.16 bits per heavy atom. The molecular formula is C13H29NO3SSi. The fraction of sp³-hybridized carbons (Fsp3) is 1.00. The fourth-order valence-electron chi connectivity index (χ4n) is 2.20. The normalized spacial score (nSPS) is 26.4. The Morgan fingerprint density at radius 2 is 1.68 bits per heavy atom. The summed E-state index contributed by atoms with van der Waals surface area (Å²) < 4.78 is 32.1. The molecule has 6 heteroatoms. The summed E-state index contributed by atoms with van der Waals surface area (Å²) in [6.07, 6.45) is 5.30. The minimum Gasteiger partial charge on any atom is -0.412 e. The highest BCUT2D eigenvalue weighted by Crippen LogP contribution is 2.39. The van der Waals surface area contributed by atoms with Gasteiger partial charge in [-0.3, -0.25) is 0 Å². The van der Waals surface area contributed by atoms with E-state index in [1.54, 1.807) is 0 Å². The number of nitrogens with one attached hydrogen (secondary N) is 1. The van der Waals surface area contributed by atoms with Gasteiger partial charge in [0.05, 0.1) is 12.4 Å². The Balaban J connectivity index is 2.78. The second-order valence-electron chi connectivity index (χ2n) is 7.20. The van der Waals surface area contributed by atoms with Crippen LogP contribution in [0, 0.1) is 0 Å². The lowest BCUT2D eigenvalue weighted by atomic mass is 9.93. The molecule has 0 aliphatic heterocycles. The van der Waals surface area contributed by atoms with Crippen molar-refractivity contribution in [3.63, 3.8) is 0 Å². The molecule has 4 nitrogen and oxygen atoms in total. The van der Waals surface area contributed by atoms with Crippen LogP contribution in [0.4, 0.5) is 0 Å². The zero-order valence-corrected chi connectivity index (χ0v) is 14.9. The molecule has 0 aromatic heterocycles. The molecule has 0 aromatic carbocycles. The zero-order valence-electron chi connectivity index (χ0n) is 13.1. The molecule has 1 aliphatic carbocycles. The van der Waals surface area contributed by atoms with Gasteiger partial charge in [-0.2, -0.15) is 0 Å². The molecule has 0 saturated heterocycles. The van der Waals surface area contributed by atoms with E-state index < -0.39 is 18.3 Å². The monoisotopic (exact) mass is 307 g/mol. The summed E-state index contributed by atoms with van der Waals surface area (Å²) >= 11 is 0. The summed E-state index contributed by atoms with van der Waals surface area (Å²) in [5.74, 6) is 0. The van der Waals surface area contributed by atoms with Crippen LogP contribution in [0.15, 0.2) is 0 Å². The van der Waals surface area contributed by atoms with Crippen molar-refractivity contribution >= 4 is 18.3 Å². The van der Waals surface area contributed by atoms with Crippen molar-refractivity contribution in [1.82, 2.24) is 4.72 Å². The van der Waals surface area contributed by atoms with Crippen molar-refractivity contribution in [1.29, 1.82) is 0 Å². The van der Waals surface area contributed by atoms with Crippen LogP contribution >= 0.6 is 0 Å². The zero-order chi connectivity index (χ0) is 14.9. The first kappa shape index (κ1) is 17.1. The molecule has 0 spiro atoms. The van der Waals surface area contributed by atoms with Gasteiger partial charge >= 0.3 is 0 Å². The van der Waals surface area contributed by atoms with E-state index in [4.69, 9.17) is 4.43 Å². The van der Waals surface area contributed by atoms with Gasteiger partial charge in [-0.15, -0.1) is 0 Å². The molecule has 0 amide bonds. The first-order valence-electron chi connectivity index (χ1n) is 7.07. The molecule has 1 N–H and O–H groups in total. The standard InChI is InChI=1S/C13H29NO3SSi/c1-13(2,3)19(5,6)17-12-10-8-7-9-11(12)14-18(4,15)16/h11-12,14H,7-10H2,1-6H3/t11-,12-/m1/s1. The van der Waals surface area contributed by atoms with Gasteiger partial charge in [0.15, 0.2) is 8.32 Å². The molecule has 1 rings (SSSR count). The molecule has 2 atom stereocenters. The van der Waals surface area contributed by atoms with Crippen LogP contribution < -0.4 is 4.72 Å². The van der Waals surface area contributed by atoms with Crippen LogP contribution in [-0.4, -0.2) is 35.1 Å². The van der Waals surface area contributed by atoms with E-state index >= 15 is 0 Å². The minimum absolute atomic E-state index is 0.0318. The second kappa shape index (κ2) is 5.83. The van der Waals surface area contributed by atoms with E-state index in [2.05, 4.69) is 38.6 Å². The number of rotatable bonds is 4. The molecule has 1 aliphatic rings. The van der Waals surface area contributed by atoms with Crippen LogP contribution in [0.1, 0.15) is 46.5 Å². The van der Waals surface area contributed by atoms with E-state index in [1.807, 2.05) is 0 Å². The third-order valence-electron chi connectivity index (χ3n) is 4.32. The van der Waals surface area contributed by atoms with Crippen LogP contribution in [0.5, 0.6) is 0 Å². The van der Waals surface area contributed by atoms with Gasteiger partial charge in [0.1, 0.15) is 0 Å². The lowest BCUT2D eigenvalue weighted by Crippen LogP contribution is -2.52. The lowest BCUT2D eigenvalue weighted by Gasteiger charge is -2.43.